The molecule has 1 aliphatic rings. The topological polar surface area (TPSA) is 30.5 Å². The fraction of sp³-hybridized carbons (Fsp3) is 0.600. The van der Waals surface area contributed by atoms with Crippen molar-refractivity contribution in [1.29, 1.82) is 0 Å². The highest BCUT2D eigenvalue weighted by Gasteiger charge is 2.22. The molecule has 100 valence electrons. The molecular weight excluding hydrogens is 226 g/mol. The molecule has 0 radical (unpaired) electrons. The number of ether oxygens (including phenoxy) is 2. The molecule has 0 saturated carbocycles. The number of nitrogens with one attached hydrogen (secondary N) is 1. The first kappa shape index (κ1) is 13.4. The number of methoxy groups -OCH3 is 1. The molecular formula is C15H23NO2. The lowest BCUT2D eigenvalue weighted by molar-refractivity contribution is 0.149. The Morgan fingerprint density at radius 1 is 1.44 bits per heavy atom. The van der Waals surface area contributed by atoms with Crippen molar-refractivity contribution < 1.29 is 9.47 Å². The van der Waals surface area contributed by atoms with E-state index in [-0.39, 0.29) is 0 Å². The van der Waals surface area contributed by atoms with Gasteiger partial charge in [-0.1, -0.05) is 25.1 Å². The first-order valence-corrected chi connectivity index (χ1v) is 6.67. The van der Waals surface area contributed by atoms with Crippen molar-refractivity contribution in [3.63, 3.8) is 0 Å². The minimum absolute atomic E-state index is 0.336. The van der Waals surface area contributed by atoms with Crippen molar-refractivity contribution in [3.05, 3.63) is 29.3 Å². The number of para-hydroxylation sites is 1. The fourth-order valence-corrected chi connectivity index (χ4v) is 2.67. The minimum atomic E-state index is 0.336. The predicted octanol–water partition coefficient (Wildman–Crippen LogP) is 2.55. The van der Waals surface area contributed by atoms with E-state index in [0.29, 0.717) is 12.0 Å². The molecule has 1 aromatic rings. The summed E-state index contributed by atoms with van der Waals surface area (Å²) in [7, 11) is 3.77. The van der Waals surface area contributed by atoms with E-state index in [1.54, 1.807) is 7.11 Å². The third kappa shape index (κ3) is 2.85. The molecule has 2 rings (SSSR count). The highest BCUT2D eigenvalue weighted by atomic mass is 16.5. The molecule has 2 atom stereocenters. The number of hydrogen-bond donors (Lipinski definition) is 1. The molecule has 0 spiro atoms. The molecule has 0 aromatic heterocycles. The lowest BCUT2D eigenvalue weighted by atomic mass is 9.94. The Hall–Kier alpha value is -1.06. The van der Waals surface area contributed by atoms with Crippen LogP contribution < -0.4 is 10.1 Å². The van der Waals surface area contributed by atoms with E-state index in [1.165, 1.54) is 11.1 Å². The Labute approximate surface area is 109 Å². The van der Waals surface area contributed by atoms with Crippen molar-refractivity contribution in [3.8, 4) is 5.75 Å². The summed E-state index contributed by atoms with van der Waals surface area (Å²) in [6.07, 6.45) is 2.09. The molecule has 0 bridgehead atoms. The summed E-state index contributed by atoms with van der Waals surface area (Å²) >= 11 is 0. The maximum Gasteiger partial charge on any atom is 0.127 e. The van der Waals surface area contributed by atoms with Gasteiger partial charge in [0.1, 0.15) is 5.75 Å². The molecule has 0 fully saturated rings. The summed E-state index contributed by atoms with van der Waals surface area (Å²) in [6, 6.07) is 6.80. The molecule has 1 aromatic carbocycles. The molecule has 1 heterocycles. The largest absolute Gasteiger partial charge is 0.493 e. The van der Waals surface area contributed by atoms with E-state index >= 15 is 0 Å². The van der Waals surface area contributed by atoms with E-state index in [1.807, 2.05) is 7.05 Å². The summed E-state index contributed by atoms with van der Waals surface area (Å²) < 4.78 is 11.0. The molecule has 2 unspecified atom stereocenters. The van der Waals surface area contributed by atoms with Crippen LogP contribution in [0.25, 0.3) is 0 Å². The van der Waals surface area contributed by atoms with Gasteiger partial charge in [0.2, 0.25) is 0 Å². The summed E-state index contributed by atoms with van der Waals surface area (Å²) in [5.41, 5.74) is 2.63. The summed E-state index contributed by atoms with van der Waals surface area (Å²) in [4.78, 5) is 0. The van der Waals surface area contributed by atoms with Gasteiger partial charge in [0.15, 0.2) is 0 Å². The van der Waals surface area contributed by atoms with Crippen molar-refractivity contribution in [2.45, 2.75) is 25.8 Å². The third-order valence-electron chi connectivity index (χ3n) is 3.56. The maximum atomic E-state index is 5.78. The van der Waals surface area contributed by atoms with Crippen LogP contribution in [0.1, 0.15) is 30.5 Å². The van der Waals surface area contributed by atoms with Crippen LogP contribution in [0.15, 0.2) is 18.2 Å². The van der Waals surface area contributed by atoms with Gasteiger partial charge < -0.3 is 14.8 Å². The molecule has 0 aliphatic carbocycles. The van der Waals surface area contributed by atoms with Crippen LogP contribution >= 0.6 is 0 Å². The maximum absolute atomic E-state index is 5.78. The van der Waals surface area contributed by atoms with E-state index in [0.717, 1.165) is 31.8 Å². The third-order valence-corrected chi connectivity index (χ3v) is 3.56. The normalized spacial score (nSPS) is 17.1. The van der Waals surface area contributed by atoms with E-state index in [9.17, 15) is 0 Å². The fourth-order valence-electron chi connectivity index (χ4n) is 2.67. The van der Waals surface area contributed by atoms with Gasteiger partial charge in [0.25, 0.3) is 0 Å². The Bertz CT molecular complexity index is 392. The van der Waals surface area contributed by atoms with Crippen molar-refractivity contribution in [2.24, 2.45) is 5.92 Å². The molecule has 18 heavy (non-hydrogen) atoms. The van der Waals surface area contributed by atoms with Gasteiger partial charge in [-0.3, -0.25) is 0 Å². The predicted molar refractivity (Wildman–Crippen MR) is 73.1 cm³/mol. The lowest BCUT2D eigenvalue weighted by Gasteiger charge is -2.22. The van der Waals surface area contributed by atoms with E-state index < -0.39 is 0 Å². The average Bonchev–Trinajstić information content (AvgIpc) is 2.84. The van der Waals surface area contributed by atoms with Crippen LogP contribution in [0.2, 0.25) is 0 Å². The number of benzene rings is 1. The van der Waals surface area contributed by atoms with Crippen LogP contribution in [0.4, 0.5) is 0 Å². The Kier molecular flexibility index (Phi) is 4.61. The van der Waals surface area contributed by atoms with Gasteiger partial charge in [0.05, 0.1) is 6.61 Å². The van der Waals surface area contributed by atoms with Crippen LogP contribution in [-0.2, 0) is 11.2 Å². The van der Waals surface area contributed by atoms with Crippen molar-refractivity contribution in [2.75, 3.05) is 27.4 Å². The van der Waals surface area contributed by atoms with Gasteiger partial charge >= 0.3 is 0 Å². The highest BCUT2D eigenvalue weighted by Crippen LogP contribution is 2.35. The Morgan fingerprint density at radius 3 is 3.00 bits per heavy atom. The second-order valence-electron chi connectivity index (χ2n) is 5.07. The zero-order valence-corrected chi connectivity index (χ0v) is 11.5. The molecule has 1 N–H and O–H groups in total. The summed E-state index contributed by atoms with van der Waals surface area (Å²) in [5.74, 6) is 1.63. The van der Waals surface area contributed by atoms with Gasteiger partial charge in [-0.2, -0.15) is 0 Å². The highest BCUT2D eigenvalue weighted by molar-refractivity contribution is 5.45. The second-order valence-corrected chi connectivity index (χ2v) is 5.07. The number of rotatable bonds is 6. The van der Waals surface area contributed by atoms with Crippen molar-refractivity contribution >= 4 is 0 Å². The van der Waals surface area contributed by atoms with Crippen LogP contribution in [0.3, 0.4) is 0 Å². The Morgan fingerprint density at radius 2 is 2.28 bits per heavy atom. The average molecular weight is 249 g/mol. The summed E-state index contributed by atoms with van der Waals surface area (Å²) in [5, 5.41) is 3.40. The van der Waals surface area contributed by atoms with Gasteiger partial charge in [-0.25, -0.2) is 0 Å². The minimum Gasteiger partial charge on any atom is -0.493 e. The SMILES string of the molecule is CNC(CC(C)COC)c1cccc2c1OCC2. The summed E-state index contributed by atoms with van der Waals surface area (Å²) in [6.45, 7) is 3.84. The lowest BCUT2D eigenvalue weighted by Crippen LogP contribution is -2.21. The smallest absolute Gasteiger partial charge is 0.127 e. The second kappa shape index (κ2) is 6.21. The zero-order valence-electron chi connectivity index (χ0n) is 11.5. The monoisotopic (exact) mass is 249 g/mol. The number of fused-ring (bicyclic) bond motifs is 1. The molecule has 0 saturated heterocycles. The van der Waals surface area contributed by atoms with E-state index in [2.05, 4.69) is 30.4 Å². The standard InChI is InChI=1S/C15H23NO2/c1-11(10-17-3)9-14(16-2)13-6-4-5-12-7-8-18-15(12)13/h4-6,11,14,16H,7-10H2,1-3H3. The van der Waals surface area contributed by atoms with Crippen LogP contribution in [0.5, 0.6) is 5.75 Å². The molecule has 1 aliphatic heterocycles. The van der Waals surface area contributed by atoms with Gasteiger partial charge in [0, 0.05) is 31.7 Å². The Balaban J connectivity index is 2.15. The van der Waals surface area contributed by atoms with E-state index in [4.69, 9.17) is 9.47 Å². The van der Waals surface area contributed by atoms with Gasteiger partial charge in [-0.05, 0) is 24.9 Å². The first-order valence-electron chi connectivity index (χ1n) is 6.67. The first-order chi connectivity index (χ1) is 8.76. The van der Waals surface area contributed by atoms with Crippen LogP contribution in [0, 0.1) is 5.92 Å². The zero-order chi connectivity index (χ0) is 13.0. The van der Waals surface area contributed by atoms with Gasteiger partial charge in [-0.15, -0.1) is 0 Å². The molecule has 3 nitrogen and oxygen atoms in total. The molecule has 0 amide bonds. The van der Waals surface area contributed by atoms with Crippen molar-refractivity contribution in [1.82, 2.24) is 5.32 Å². The quantitative estimate of drug-likeness (QED) is 0.840. The van der Waals surface area contributed by atoms with Crippen LogP contribution in [-0.4, -0.2) is 27.4 Å². The molecule has 3 heteroatoms. The number of hydrogen-bond acceptors (Lipinski definition) is 3.